The zero-order chi connectivity index (χ0) is 16.2. The van der Waals surface area contributed by atoms with Gasteiger partial charge in [-0.2, -0.15) is 0 Å². The van der Waals surface area contributed by atoms with Crippen molar-refractivity contribution in [1.29, 1.82) is 0 Å². The van der Waals surface area contributed by atoms with Gasteiger partial charge in [-0.1, -0.05) is 39.8 Å². The average molecular weight is 395 g/mol. The number of H-pyrrole nitrogens is 1. The molecule has 1 N–H and O–H groups in total. The third-order valence-electron chi connectivity index (χ3n) is 4.03. The SMILES string of the molecule is C[C@H]1CCCCN1C(=O)CSc1n[nH]c(-c2ccc(Br)cc2)n1. The summed E-state index contributed by atoms with van der Waals surface area (Å²) in [5.74, 6) is 1.29. The maximum Gasteiger partial charge on any atom is 0.233 e. The zero-order valence-corrected chi connectivity index (χ0v) is 15.4. The minimum Gasteiger partial charge on any atom is -0.339 e. The van der Waals surface area contributed by atoms with E-state index in [0.29, 0.717) is 17.0 Å². The van der Waals surface area contributed by atoms with Crippen molar-refractivity contribution in [3.63, 3.8) is 0 Å². The maximum atomic E-state index is 12.3. The quantitative estimate of drug-likeness (QED) is 0.802. The van der Waals surface area contributed by atoms with E-state index in [1.807, 2.05) is 29.2 Å². The Hall–Kier alpha value is -1.34. The molecule has 7 heteroatoms. The smallest absolute Gasteiger partial charge is 0.233 e. The Morgan fingerprint density at radius 2 is 2.17 bits per heavy atom. The molecule has 0 aliphatic carbocycles. The molecule has 23 heavy (non-hydrogen) atoms. The Labute approximate surface area is 148 Å². The molecular formula is C16H19BrN4OS. The number of hydrogen-bond acceptors (Lipinski definition) is 4. The van der Waals surface area contributed by atoms with Gasteiger partial charge in [-0.3, -0.25) is 9.89 Å². The Morgan fingerprint density at radius 1 is 1.39 bits per heavy atom. The van der Waals surface area contributed by atoms with Crippen LogP contribution in [0.2, 0.25) is 0 Å². The summed E-state index contributed by atoms with van der Waals surface area (Å²) in [6.45, 7) is 3.00. The van der Waals surface area contributed by atoms with Gasteiger partial charge in [0.25, 0.3) is 0 Å². The molecule has 1 amide bonds. The number of amides is 1. The molecule has 1 aliphatic heterocycles. The second-order valence-corrected chi connectivity index (χ2v) is 7.55. The largest absolute Gasteiger partial charge is 0.339 e. The van der Waals surface area contributed by atoms with Crippen molar-refractivity contribution in [2.24, 2.45) is 0 Å². The van der Waals surface area contributed by atoms with Crippen LogP contribution in [0.3, 0.4) is 0 Å². The van der Waals surface area contributed by atoms with Crippen molar-refractivity contribution >= 4 is 33.6 Å². The molecule has 1 aromatic carbocycles. The van der Waals surface area contributed by atoms with Crippen molar-refractivity contribution in [2.75, 3.05) is 12.3 Å². The highest BCUT2D eigenvalue weighted by molar-refractivity contribution is 9.10. The Bertz CT molecular complexity index is 673. The summed E-state index contributed by atoms with van der Waals surface area (Å²) in [5.41, 5.74) is 0.975. The maximum absolute atomic E-state index is 12.3. The normalized spacial score (nSPS) is 18.2. The predicted molar refractivity (Wildman–Crippen MR) is 95.3 cm³/mol. The van der Waals surface area contributed by atoms with Gasteiger partial charge < -0.3 is 4.90 Å². The number of nitrogens with one attached hydrogen (secondary N) is 1. The van der Waals surface area contributed by atoms with Gasteiger partial charge in [0.2, 0.25) is 11.1 Å². The number of likely N-dealkylation sites (tertiary alicyclic amines) is 1. The molecular weight excluding hydrogens is 376 g/mol. The van der Waals surface area contributed by atoms with Crippen LogP contribution in [0.5, 0.6) is 0 Å². The predicted octanol–water partition coefficient (Wildman–Crippen LogP) is 3.73. The summed E-state index contributed by atoms with van der Waals surface area (Å²) in [5, 5.41) is 7.74. The van der Waals surface area contributed by atoms with Crippen LogP contribution in [0.25, 0.3) is 11.4 Å². The molecule has 0 bridgehead atoms. The van der Waals surface area contributed by atoms with E-state index < -0.39 is 0 Å². The minimum atomic E-state index is 0.178. The van der Waals surface area contributed by atoms with Crippen molar-refractivity contribution in [3.05, 3.63) is 28.7 Å². The molecule has 0 unspecified atom stereocenters. The fraction of sp³-hybridized carbons (Fsp3) is 0.438. The number of rotatable bonds is 4. The number of aromatic nitrogens is 3. The lowest BCUT2D eigenvalue weighted by atomic mass is 10.0. The van der Waals surface area contributed by atoms with Crippen LogP contribution in [-0.2, 0) is 4.79 Å². The molecule has 1 fully saturated rings. The van der Waals surface area contributed by atoms with Crippen molar-refractivity contribution in [2.45, 2.75) is 37.4 Å². The van der Waals surface area contributed by atoms with Gasteiger partial charge in [-0.25, -0.2) is 4.98 Å². The van der Waals surface area contributed by atoms with Crippen molar-refractivity contribution in [1.82, 2.24) is 20.1 Å². The fourth-order valence-electron chi connectivity index (χ4n) is 2.73. The van der Waals surface area contributed by atoms with Crippen LogP contribution in [-0.4, -0.2) is 44.3 Å². The molecule has 1 aromatic heterocycles. The number of carbonyl (C=O) groups excluding carboxylic acids is 1. The molecule has 5 nitrogen and oxygen atoms in total. The van der Waals surface area contributed by atoms with Gasteiger partial charge in [-0.05, 0) is 38.3 Å². The lowest BCUT2D eigenvalue weighted by Gasteiger charge is -2.33. The topological polar surface area (TPSA) is 61.9 Å². The lowest BCUT2D eigenvalue weighted by Crippen LogP contribution is -2.42. The second-order valence-electron chi connectivity index (χ2n) is 5.69. The van der Waals surface area contributed by atoms with Crippen LogP contribution in [0.15, 0.2) is 33.9 Å². The van der Waals surface area contributed by atoms with Gasteiger partial charge >= 0.3 is 0 Å². The minimum absolute atomic E-state index is 0.178. The molecule has 0 saturated carbocycles. The van der Waals surface area contributed by atoms with E-state index >= 15 is 0 Å². The molecule has 2 aromatic rings. The molecule has 122 valence electrons. The standard InChI is InChI=1S/C16H19BrN4OS/c1-11-4-2-3-9-21(11)14(22)10-23-16-18-15(19-20-16)12-5-7-13(17)8-6-12/h5-8,11H,2-4,9-10H2,1H3,(H,18,19,20)/t11-/m0/s1. The van der Waals surface area contributed by atoms with E-state index in [9.17, 15) is 4.79 Å². The number of halogens is 1. The molecule has 0 radical (unpaired) electrons. The zero-order valence-electron chi connectivity index (χ0n) is 13.0. The number of aromatic amines is 1. The lowest BCUT2D eigenvalue weighted by molar-refractivity contribution is -0.131. The highest BCUT2D eigenvalue weighted by atomic mass is 79.9. The average Bonchev–Trinajstić information content (AvgIpc) is 3.03. The number of hydrogen-bond donors (Lipinski definition) is 1. The first-order valence-corrected chi connectivity index (χ1v) is 9.52. The van der Waals surface area contributed by atoms with Crippen LogP contribution >= 0.6 is 27.7 Å². The first-order chi connectivity index (χ1) is 11.1. The molecule has 2 heterocycles. The van der Waals surface area contributed by atoms with Crippen molar-refractivity contribution < 1.29 is 4.79 Å². The van der Waals surface area contributed by atoms with E-state index in [2.05, 4.69) is 38.0 Å². The van der Waals surface area contributed by atoms with E-state index in [4.69, 9.17) is 0 Å². The summed E-state index contributed by atoms with van der Waals surface area (Å²) >= 11 is 4.80. The number of benzene rings is 1. The van der Waals surface area contributed by atoms with Crippen LogP contribution < -0.4 is 0 Å². The van der Waals surface area contributed by atoms with Crippen molar-refractivity contribution in [3.8, 4) is 11.4 Å². The monoisotopic (exact) mass is 394 g/mol. The number of carbonyl (C=O) groups is 1. The summed E-state index contributed by atoms with van der Waals surface area (Å²) < 4.78 is 1.02. The Kier molecular flexibility index (Phi) is 5.38. The van der Waals surface area contributed by atoms with Gasteiger partial charge in [0.05, 0.1) is 5.75 Å². The van der Waals surface area contributed by atoms with E-state index in [1.165, 1.54) is 18.2 Å². The fourth-order valence-corrected chi connectivity index (χ4v) is 3.67. The van der Waals surface area contributed by atoms with Gasteiger partial charge in [0.15, 0.2) is 5.82 Å². The highest BCUT2D eigenvalue weighted by Crippen LogP contribution is 2.23. The third-order valence-corrected chi connectivity index (χ3v) is 5.39. The molecule has 1 atom stereocenters. The highest BCUT2D eigenvalue weighted by Gasteiger charge is 2.23. The molecule has 1 saturated heterocycles. The van der Waals surface area contributed by atoms with E-state index in [-0.39, 0.29) is 5.91 Å². The van der Waals surface area contributed by atoms with Crippen LogP contribution in [0.1, 0.15) is 26.2 Å². The van der Waals surface area contributed by atoms with E-state index in [1.54, 1.807) is 0 Å². The summed E-state index contributed by atoms with van der Waals surface area (Å²) in [7, 11) is 0. The van der Waals surface area contributed by atoms with Crippen LogP contribution in [0, 0.1) is 0 Å². The molecule has 0 spiro atoms. The second kappa shape index (κ2) is 7.49. The van der Waals surface area contributed by atoms with Gasteiger partial charge in [0, 0.05) is 22.6 Å². The first-order valence-electron chi connectivity index (χ1n) is 7.74. The summed E-state index contributed by atoms with van der Waals surface area (Å²) in [6, 6.07) is 8.22. The third kappa shape index (κ3) is 4.14. The summed E-state index contributed by atoms with van der Waals surface area (Å²) in [4.78, 5) is 18.8. The molecule has 1 aliphatic rings. The number of nitrogens with zero attached hydrogens (tertiary/aromatic N) is 3. The first kappa shape index (κ1) is 16.5. The number of piperidine rings is 1. The Morgan fingerprint density at radius 3 is 2.91 bits per heavy atom. The van der Waals surface area contributed by atoms with Gasteiger partial charge in [-0.15, -0.1) is 5.10 Å². The van der Waals surface area contributed by atoms with E-state index in [0.717, 1.165) is 35.2 Å². The summed E-state index contributed by atoms with van der Waals surface area (Å²) in [6.07, 6.45) is 3.43. The number of thioether (sulfide) groups is 1. The Balaban J connectivity index is 1.58. The van der Waals surface area contributed by atoms with Crippen LogP contribution in [0.4, 0.5) is 0 Å². The molecule has 3 rings (SSSR count). The van der Waals surface area contributed by atoms with Gasteiger partial charge in [0.1, 0.15) is 0 Å².